The second-order valence-electron chi connectivity index (χ2n) is 5.26. The van der Waals surface area contributed by atoms with Gasteiger partial charge in [0.2, 0.25) is 0 Å². The number of benzene rings is 2. The van der Waals surface area contributed by atoms with Crippen molar-refractivity contribution >= 4 is 39.1 Å². The Morgan fingerprint density at radius 3 is 2.74 bits per heavy atom. The molecule has 0 saturated heterocycles. The lowest BCUT2D eigenvalue weighted by molar-refractivity contribution is -0.383. The van der Waals surface area contributed by atoms with Crippen molar-refractivity contribution in [3.05, 3.63) is 57.1 Å². The highest BCUT2D eigenvalue weighted by molar-refractivity contribution is 9.10. The molecule has 0 saturated carbocycles. The van der Waals surface area contributed by atoms with E-state index < -0.39 is 11.0 Å². The molecule has 2 aromatic rings. The molecule has 0 unspecified atom stereocenters. The van der Waals surface area contributed by atoms with E-state index in [-0.39, 0.29) is 25.4 Å². The second kappa shape index (κ2) is 10.3. The molecule has 10 heteroatoms. The number of carboxylic acid groups (broad SMARTS) is 1. The number of ether oxygens (including phenoxy) is 2. The fourth-order valence-corrected chi connectivity index (χ4v) is 2.50. The molecule has 27 heavy (non-hydrogen) atoms. The highest BCUT2D eigenvalue weighted by atomic mass is 79.9. The Kier molecular flexibility index (Phi) is 7.83. The number of carbonyl (C=O) groups is 1. The van der Waals surface area contributed by atoms with Crippen molar-refractivity contribution in [1.82, 2.24) is 5.32 Å². The van der Waals surface area contributed by atoms with E-state index in [9.17, 15) is 14.9 Å². The van der Waals surface area contributed by atoms with Gasteiger partial charge in [0.15, 0.2) is 0 Å². The zero-order valence-electron chi connectivity index (χ0n) is 14.2. The molecule has 0 aliphatic heterocycles. The van der Waals surface area contributed by atoms with Crippen molar-refractivity contribution in [3.63, 3.8) is 0 Å². The largest absolute Gasteiger partial charge is 0.491 e. The Hall–Kier alpha value is -2.85. The Balaban J connectivity index is 1.88. The number of nitrogens with zero attached hydrogens (tertiary/aromatic N) is 1. The molecule has 3 N–H and O–H groups in total. The minimum Gasteiger partial charge on any atom is -0.491 e. The molecule has 1 amide bonds. The Labute approximate surface area is 163 Å². The number of nitro groups is 1. The monoisotopic (exact) mass is 439 g/mol. The number of nitro benzene ring substituents is 1. The van der Waals surface area contributed by atoms with Crippen LogP contribution in [0.1, 0.15) is 0 Å². The van der Waals surface area contributed by atoms with Crippen LogP contribution in [0.15, 0.2) is 46.9 Å². The van der Waals surface area contributed by atoms with Gasteiger partial charge in [-0.05, 0) is 24.3 Å². The van der Waals surface area contributed by atoms with Crippen molar-refractivity contribution in [2.45, 2.75) is 0 Å². The fraction of sp³-hybridized carbons (Fsp3) is 0.235. The van der Waals surface area contributed by atoms with Crippen molar-refractivity contribution < 1.29 is 24.3 Å². The number of hydrogen-bond donors (Lipinski definition) is 3. The molecule has 2 rings (SSSR count). The molecule has 0 radical (unpaired) electrons. The van der Waals surface area contributed by atoms with Gasteiger partial charge in [-0.1, -0.05) is 22.0 Å². The normalized spacial score (nSPS) is 10.3. The predicted molar refractivity (Wildman–Crippen MR) is 103 cm³/mol. The summed E-state index contributed by atoms with van der Waals surface area (Å²) in [6.45, 7) is 1.05. The van der Waals surface area contributed by atoms with Crippen molar-refractivity contribution in [2.75, 3.05) is 31.7 Å². The zero-order valence-corrected chi connectivity index (χ0v) is 15.8. The van der Waals surface area contributed by atoms with E-state index >= 15 is 0 Å². The van der Waals surface area contributed by atoms with E-state index in [0.29, 0.717) is 23.7 Å². The molecule has 0 spiro atoms. The van der Waals surface area contributed by atoms with Crippen LogP contribution >= 0.6 is 15.9 Å². The van der Waals surface area contributed by atoms with Crippen molar-refractivity contribution in [1.29, 1.82) is 0 Å². The molecule has 0 aliphatic rings. The maximum Gasteiger partial charge on any atom is 0.404 e. The summed E-state index contributed by atoms with van der Waals surface area (Å²) in [4.78, 5) is 21.0. The molecule has 0 fully saturated rings. The summed E-state index contributed by atoms with van der Waals surface area (Å²) in [5.41, 5.74) is 0.967. The third-order valence-corrected chi connectivity index (χ3v) is 3.78. The molecule has 9 nitrogen and oxygen atoms in total. The first-order chi connectivity index (χ1) is 13.0. The average Bonchev–Trinajstić information content (AvgIpc) is 2.61. The van der Waals surface area contributed by atoms with Crippen LogP contribution in [0.2, 0.25) is 0 Å². The van der Waals surface area contributed by atoms with Gasteiger partial charge in [-0.15, -0.1) is 0 Å². The number of hydrogen-bond acceptors (Lipinski definition) is 6. The smallest absolute Gasteiger partial charge is 0.404 e. The molecule has 0 aromatic heterocycles. The molecular weight excluding hydrogens is 422 g/mol. The van der Waals surface area contributed by atoms with Crippen molar-refractivity contribution in [3.8, 4) is 5.75 Å². The lowest BCUT2D eigenvalue weighted by atomic mass is 10.2. The van der Waals surface area contributed by atoms with Crippen LogP contribution in [0.4, 0.5) is 21.9 Å². The van der Waals surface area contributed by atoms with E-state index in [0.717, 1.165) is 4.47 Å². The van der Waals surface area contributed by atoms with Gasteiger partial charge in [-0.3, -0.25) is 10.1 Å². The zero-order chi connectivity index (χ0) is 19.6. The maximum atomic E-state index is 11.2. The third kappa shape index (κ3) is 7.12. The predicted octanol–water partition coefficient (Wildman–Crippen LogP) is 3.76. The van der Waals surface area contributed by atoms with Crippen molar-refractivity contribution in [2.24, 2.45) is 0 Å². The summed E-state index contributed by atoms with van der Waals surface area (Å²) in [7, 11) is 0. The lowest BCUT2D eigenvalue weighted by Crippen LogP contribution is -2.25. The molecular formula is C17H18BrN3O6. The molecule has 0 atom stereocenters. The first-order valence-corrected chi connectivity index (χ1v) is 8.73. The number of rotatable bonds is 10. The molecule has 144 valence electrons. The number of nitrogens with one attached hydrogen (secondary N) is 2. The minimum atomic E-state index is -1.09. The number of anilines is 2. The first-order valence-electron chi connectivity index (χ1n) is 7.94. The van der Waals surface area contributed by atoms with Crippen LogP contribution < -0.4 is 15.4 Å². The molecule has 2 aromatic carbocycles. The summed E-state index contributed by atoms with van der Waals surface area (Å²) >= 11 is 3.30. The van der Waals surface area contributed by atoms with E-state index in [4.69, 9.17) is 14.6 Å². The summed E-state index contributed by atoms with van der Waals surface area (Å²) in [6.07, 6.45) is -1.09. The highest BCUT2D eigenvalue weighted by Crippen LogP contribution is 2.31. The Morgan fingerprint density at radius 1 is 1.19 bits per heavy atom. The summed E-state index contributed by atoms with van der Waals surface area (Å²) in [6, 6.07) is 11.7. The summed E-state index contributed by atoms with van der Waals surface area (Å²) in [5.74, 6) is 0.574. The summed E-state index contributed by atoms with van der Waals surface area (Å²) < 4.78 is 11.5. The Bertz CT molecular complexity index is 802. The average molecular weight is 440 g/mol. The van der Waals surface area contributed by atoms with E-state index in [1.165, 1.54) is 6.07 Å². The second-order valence-corrected chi connectivity index (χ2v) is 6.18. The van der Waals surface area contributed by atoms with Crippen LogP contribution in [-0.4, -0.2) is 42.5 Å². The minimum absolute atomic E-state index is 0.0344. The van der Waals surface area contributed by atoms with Crippen LogP contribution in [0.3, 0.4) is 0 Å². The van der Waals surface area contributed by atoms with Gasteiger partial charge >= 0.3 is 6.09 Å². The van der Waals surface area contributed by atoms with Gasteiger partial charge in [0.1, 0.15) is 18.0 Å². The molecule has 0 bridgehead atoms. The third-order valence-electron chi connectivity index (χ3n) is 3.29. The van der Waals surface area contributed by atoms with Crippen LogP contribution in [0.5, 0.6) is 5.75 Å². The summed E-state index contributed by atoms with van der Waals surface area (Å²) in [5, 5.41) is 24.8. The maximum absolute atomic E-state index is 11.2. The van der Waals surface area contributed by atoms with Gasteiger partial charge in [0, 0.05) is 28.8 Å². The Morgan fingerprint density at radius 2 is 2.00 bits per heavy atom. The highest BCUT2D eigenvalue weighted by Gasteiger charge is 2.14. The van der Waals surface area contributed by atoms with E-state index in [1.807, 2.05) is 0 Å². The first kappa shape index (κ1) is 20.5. The molecule has 0 aliphatic carbocycles. The topological polar surface area (TPSA) is 123 Å². The van der Waals surface area contributed by atoms with E-state index in [1.54, 1.807) is 36.4 Å². The van der Waals surface area contributed by atoms with Gasteiger partial charge in [-0.2, -0.15) is 0 Å². The quantitative estimate of drug-likeness (QED) is 0.292. The van der Waals surface area contributed by atoms with Gasteiger partial charge < -0.3 is 25.2 Å². The van der Waals surface area contributed by atoms with Gasteiger partial charge in [0.25, 0.3) is 5.69 Å². The fourth-order valence-electron chi connectivity index (χ4n) is 2.14. The lowest BCUT2D eigenvalue weighted by Gasteiger charge is -2.11. The molecule has 0 heterocycles. The van der Waals surface area contributed by atoms with Crippen LogP contribution in [0, 0.1) is 10.1 Å². The number of amides is 1. The number of halogens is 1. The van der Waals surface area contributed by atoms with Crippen LogP contribution in [0.25, 0.3) is 0 Å². The standard InChI is InChI=1S/C17H18BrN3O6/c18-12-4-5-16(21(24)25)15(10-12)20-13-2-1-3-14(11-13)27-9-8-26-7-6-19-17(22)23/h1-5,10-11,19-20H,6-9H2,(H,22,23). The van der Waals surface area contributed by atoms with Crippen LogP contribution in [-0.2, 0) is 4.74 Å². The van der Waals surface area contributed by atoms with Gasteiger partial charge in [0.05, 0.1) is 18.1 Å². The van der Waals surface area contributed by atoms with E-state index in [2.05, 4.69) is 26.6 Å². The SMILES string of the molecule is O=C(O)NCCOCCOc1cccc(Nc2cc(Br)ccc2[N+](=O)[O-])c1. The van der Waals surface area contributed by atoms with Gasteiger partial charge in [-0.25, -0.2) is 4.79 Å².